The third-order valence-electron chi connectivity index (χ3n) is 4.19. The Bertz CT molecular complexity index is 1010. The average molecular weight is 385 g/mol. The van der Waals surface area contributed by atoms with Gasteiger partial charge in [-0.3, -0.25) is 14.6 Å². The molecule has 0 aliphatic rings. The van der Waals surface area contributed by atoms with Crippen molar-refractivity contribution in [2.75, 3.05) is 0 Å². The first-order valence-electron chi connectivity index (χ1n) is 8.57. The van der Waals surface area contributed by atoms with Crippen molar-refractivity contribution in [3.05, 3.63) is 98.4 Å². The summed E-state index contributed by atoms with van der Waals surface area (Å²) < 4.78 is 15.0. The van der Waals surface area contributed by atoms with E-state index in [4.69, 9.17) is 11.6 Å². The summed E-state index contributed by atoms with van der Waals surface area (Å²) in [6.07, 6.45) is 3.95. The number of hydrogen-bond donors (Lipinski definition) is 0. The van der Waals surface area contributed by atoms with Crippen molar-refractivity contribution in [3.63, 3.8) is 0 Å². The number of rotatable bonds is 6. The van der Waals surface area contributed by atoms with Crippen LogP contribution in [-0.2, 0) is 19.4 Å². The van der Waals surface area contributed by atoms with Crippen LogP contribution in [0.2, 0.25) is 5.02 Å². The summed E-state index contributed by atoms with van der Waals surface area (Å²) in [6.45, 7) is 2.43. The van der Waals surface area contributed by atoms with Crippen LogP contribution < -0.4 is 5.56 Å². The number of aromatic nitrogens is 2. The molecule has 27 heavy (non-hydrogen) atoms. The second kappa shape index (κ2) is 8.27. The normalized spacial score (nSPS) is 10.8. The van der Waals surface area contributed by atoms with Gasteiger partial charge in [0, 0.05) is 36.4 Å². The van der Waals surface area contributed by atoms with Gasteiger partial charge in [-0.1, -0.05) is 23.7 Å². The van der Waals surface area contributed by atoms with E-state index >= 15 is 0 Å². The van der Waals surface area contributed by atoms with Gasteiger partial charge in [0.2, 0.25) is 0 Å². The first-order valence-corrected chi connectivity index (χ1v) is 8.95. The minimum atomic E-state index is -0.384. The van der Waals surface area contributed by atoms with E-state index < -0.39 is 0 Å². The third kappa shape index (κ3) is 4.89. The smallest absolute Gasteiger partial charge is 0.250 e. The lowest BCUT2D eigenvalue weighted by molar-refractivity contribution is 0.0988. The molecule has 2 heterocycles. The predicted octanol–water partition coefficient (Wildman–Crippen LogP) is 4.07. The summed E-state index contributed by atoms with van der Waals surface area (Å²) in [5.74, 6) is -0.512. The van der Waals surface area contributed by atoms with E-state index in [1.807, 2.05) is 6.92 Å². The van der Waals surface area contributed by atoms with E-state index in [2.05, 4.69) is 4.98 Å². The van der Waals surface area contributed by atoms with Crippen molar-refractivity contribution < 1.29 is 9.18 Å². The maximum Gasteiger partial charge on any atom is 0.250 e. The molecule has 3 rings (SSSR count). The summed E-state index contributed by atoms with van der Waals surface area (Å²) in [5, 5.41) is 0.346. The second-order valence-electron chi connectivity index (χ2n) is 6.27. The summed E-state index contributed by atoms with van der Waals surface area (Å²) in [4.78, 5) is 28.3. The molecule has 0 saturated heterocycles. The Hall–Kier alpha value is -2.79. The molecular weight excluding hydrogens is 367 g/mol. The molecule has 0 saturated carbocycles. The highest BCUT2D eigenvalue weighted by Gasteiger charge is 2.10. The number of aryl methyl sites for hydroxylation is 1. The molecule has 0 fully saturated rings. The fourth-order valence-electron chi connectivity index (χ4n) is 2.85. The van der Waals surface area contributed by atoms with Crippen molar-refractivity contribution in [1.29, 1.82) is 0 Å². The van der Waals surface area contributed by atoms with Gasteiger partial charge in [-0.05, 0) is 54.3 Å². The van der Waals surface area contributed by atoms with Gasteiger partial charge in [-0.25, -0.2) is 4.39 Å². The van der Waals surface area contributed by atoms with E-state index in [-0.39, 0.29) is 23.6 Å². The van der Waals surface area contributed by atoms with Crippen molar-refractivity contribution in [3.8, 4) is 0 Å². The highest BCUT2D eigenvalue weighted by molar-refractivity contribution is 6.30. The standard InChI is InChI=1S/C21H18ClFN2O2/c1-2-25-13-15(4-6-21(25)27)10-20(26)19-5-3-14(12-24-19)7-16-8-17(22)11-18(23)9-16/h3-6,8-9,11-13H,2,7,10H2,1H3. The summed E-state index contributed by atoms with van der Waals surface area (Å²) >= 11 is 5.87. The molecule has 4 nitrogen and oxygen atoms in total. The Kier molecular flexibility index (Phi) is 5.81. The number of pyridine rings is 2. The second-order valence-corrected chi connectivity index (χ2v) is 6.70. The van der Waals surface area contributed by atoms with Crippen molar-refractivity contribution in [2.45, 2.75) is 26.3 Å². The molecule has 3 aromatic rings. The molecule has 0 aliphatic heterocycles. The molecule has 0 atom stereocenters. The molecule has 0 aliphatic carbocycles. The van der Waals surface area contributed by atoms with Gasteiger partial charge in [0.1, 0.15) is 11.5 Å². The predicted molar refractivity (Wildman–Crippen MR) is 103 cm³/mol. The van der Waals surface area contributed by atoms with Gasteiger partial charge in [0.15, 0.2) is 5.78 Å². The molecule has 1 aromatic carbocycles. The molecule has 138 valence electrons. The SMILES string of the molecule is CCn1cc(CC(=O)c2ccc(Cc3cc(F)cc(Cl)c3)cn2)ccc1=O. The van der Waals surface area contributed by atoms with Crippen LogP contribution in [-0.4, -0.2) is 15.3 Å². The van der Waals surface area contributed by atoms with Crippen LogP contribution in [0.25, 0.3) is 0 Å². The molecule has 0 bridgehead atoms. The van der Waals surface area contributed by atoms with Gasteiger partial charge < -0.3 is 4.57 Å². The Morgan fingerprint density at radius 3 is 2.56 bits per heavy atom. The van der Waals surface area contributed by atoms with Gasteiger partial charge in [-0.15, -0.1) is 0 Å². The average Bonchev–Trinajstić information content (AvgIpc) is 2.63. The molecule has 0 amide bonds. The van der Waals surface area contributed by atoms with Gasteiger partial charge in [0.05, 0.1) is 0 Å². The Balaban J connectivity index is 1.71. The summed E-state index contributed by atoms with van der Waals surface area (Å²) in [7, 11) is 0. The number of benzene rings is 1. The number of Topliss-reactive ketones (excluding diaryl/α,β-unsaturated/α-hetero) is 1. The first kappa shape index (κ1) is 19.0. The van der Waals surface area contributed by atoms with Crippen LogP contribution in [0.5, 0.6) is 0 Å². The van der Waals surface area contributed by atoms with Crippen molar-refractivity contribution >= 4 is 17.4 Å². The zero-order chi connectivity index (χ0) is 19.4. The zero-order valence-electron chi connectivity index (χ0n) is 14.8. The van der Waals surface area contributed by atoms with Gasteiger partial charge in [-0.2, -0.15) is 0 Å². The maximum absolute atomic E-state index is 13.4. The van der Waals surface area contributed by atoms with E-state index in [1.165, 1.54) is 18.2 Å². The molecule has 0 spiro atoms. The summed E-state index contributed by atoms with van der Waals surface area (Å²) in [6, 6.07) is 11.0. The highest BCUT2D eigenvalue weighted by atomic mass is 35.5. The fourth-order valence-corrected chi connectivity index (χ4v) is 3.10. The fraction of sp³-hybridized carbons (Fsp3) is 0.190. The van der Waals surface area contributed by atoms with Crippen molar-refractivity contribution in [1.82, 2.24) is 9.55 Å². The number of halogens is 2. The topological polar surface area (TPSA) is 52.0 Å². The van der Waals surface area contributed by atoms with Crippen molar-refractivity contribution in [2.24, 2.45) is 0 Å². The molecule has 6 heteroatoms. The Morgan fingerprint density at radius 2 is 1.89 bits per heavy atom. The molecule has 2 aromatic heterocycles. The number of carbonyl (C=O) groups is 1. The monoisotopic (exact) mass is 384 g/mol. The molecule has 0 unspecified atom stereocenters. The number of hydrogen-bond acceptors (Lipinski definition) is 3. The van der Waals surface area contributed by atoms with Crippen LogP contribution >= 0.6 is 11.6 Å². The van der Waals surface area contributed by atoms with E-state index in [0.29, 0.717) is 23.7 Å². The van der Waals surface area contributed by atoms with Crippen LogP contribution in [0.3, 0.4) is 0 Å². The lowest BCUT2D eigenvalue weighted by Crippen LogP contribution is -2.18. The maximum atomic E-state index is 13.4. The van der Waals surface area contributed by atoms with Gasteiger partial charge >= 0.3 is 0 Å². The van der Waals surface area contributed by atoms with E-state index in [9.17, 15) is 14.0 Å². The summed E-state index contributed by atoms with van der Waals surface area (Å²) in [5.41, 5.74) is 2.62. The molecular formula is C21H18ClFN2O2. The minimum absolute atomic E-state index is 0.0892. The highest BCUT2D eigenvalue weighted by Crippen LogP contribution is 2.17. The lowest BCUT2D eigenvalue weighted by Gasteiger charge is -2.06. The largest absolute Gasteiger partial charge is 0.316 e. The Labute approximate surface area is 161 Å². The van der Waals surface area contributed by atoms with Crippen LogP contribution in [0.4, 0.5) is 4.39 Å². The first-order chi connectivity index (χ1) is 12.9. The van der Waals surface area contributed by atoms with Crippen LogP contribution in [0.15, 0.2) is 59.7 Å². The number of nitrogens with zero attached hydrogens (tertiary/aromatic N) is 2. The number of ketones is 1. The lowest BCUT2D eigenvalue weighted by atomic mass is 10.0. The number of carbonyl (C=O) groups excluding carboxylic acids is 1. The van der Waals surface area contributed by atoms with Crippen LogP contribution in [0, 0.1) is 5.82 Å². The third-order valence-corrected chi connectivity index (χ3v) is 4.41. The van der Waals surface area contributed by atoms with E-state index in [0.717, 1.165) is 16.7 Å². The van der Waals surface area contributed by atoms with Gasteiger partial charge in [0.25, 0.3) is 5.56 Å². The molecule has 0 radical (unpaired) electrons. The molecule has 0 N–H and O–H groups in total. The zero-order valence-corrected chi connectivity index (χ0v) is 15.5. The quantitative estimate of drug-likeness (QED) is 0.602. The van der Waals surface area contributed by atoms with E-state index in [1.54, 1.807) is 41.2 Å². The minimum Gasteiger partial charge on any atom is -0.316 e. The van der Waals surface area contributed by atoms with Crippen LogP contribution in [0.1, 0.15) is 34.1 Å². The Morgan fingerprint density at radius 1 is 1.11 bits per heavy atom.